The van der Waals surface area contributed by atoms with Crippen LogP contribution in [-0.4, -0.2) is 28.5 Å². The number of hydrogen-bond acceptors (Lipinski definition) is 2. The second-order valence-corrected chi connectivity index (χ2v) is 5.84. The van der Waals surface area contributed by atoms with Crippen LogP contribution >= 0.6 is 15.9 Å². The molecule has 0 amide bonds. The molecule has 0 saturated heterocycles. The Kier molecular flexibility index (Phi) is 7.20. The molecular formula is C14H23BrF3N3. The molecule has 1 aromatic heterocycles. The Labute approximate surface area is 132 Å². The number of halogens is 4. The standard InChI is InChI=1S/C14H23BrF3N3/c1-4-7-19-10(9-14(16,17)18)8-12-13(15)11(5-2)20-21(12)6-3/h10,19H,4-9H2,1-3H3. The highest BCUT2D eigenvalue weighted by Crippen LogP contribution is 2.27. The fraction of sp³-hybridized carbons (Fsp3) is 0.786. The van der Waals surface area contributed by atoms with Gasteiger partial charge in [0.1, 0.15) is 0 Å². The SMILES string of the molecule is CCCNC(Cc1c(Br)c(CC)nn1CC)CC(F)(F)F. The molecule has 0 aromatic carbocycles. The van der Waals surface area contributed by atoms with Gasteiger partial charge in [-0.15, -0.1) is 0 Å². The third-order valence-corrected chi connectivity index (χ3v) is 4.21. The molecular weight excluding hydrogens is 347 g/mol. The van der Waals surface area contributed by atoms with Crippen LogP contribution in [0.4, 0.5) is 13.2 Å². The van der Waals surface area contributed by atoms with E-state index in [1.165, 1.54) is 0 Å². The van der Waals surface area contributed by atoms with E-state index in [0.717, 1.165) is 28.7 Å². The zero-order chi connectivity index (χ0) is 16.0. The second kappa shape index (κ2) is 8.17. The third-order valence-electron chi connectivity index (χ3n) is 3.29. The molecule has 0 saturated carbocycles. The first-order chi connectivity index (χ1) is 9.82. The van der Waals surface area contributed by atoms with Gasteiger partial charge in [-0.3, -0.25) is 4.68 Å². The van der Waals surface area contributed by atoms with Crippen molar-refractivity contribution in [2.75, 3.05) is 6.54 Å². The maximum absolute atomic E-state index is 12.7. The molecule has 0 fully saturated rings. The lowest BCUT2D eigenvalue weighted by atomic mass is 10.1. The van der Waals surface area contributed by atoms with E-state index in [9.17, 15) is 13.2 Å². The van der Waals surface area contributed by atoms with E-state index in [0.29, 0.717) is 19.5 Å². The summed E-state index contributed by atoms with van der Waals surface area (Å²) in [6.07, 6.45) is -3.10. The van der Waals surface area contributed by atoms with Crippen LogP contribution in [0.1, 0.15) is 45.0 Å². The summed E-state index contributed by atoms with van der Waals surface area (Å²) in [5, 5.41) is 7.44. The Morgan fingerprint density at radius 1 is 1.29 bits per heavy atom. The minimum atomic E-state index is -4.16. The minimum absolute atomic E-state index is 0.320. The lowest BCUT2D eigenvalue weighted by Gasteiger charge is -2.20. The average molecular weight is 370 g/mol. The average Bonchev–Trinajstić information content (AvgIpc) is 2.71. The van der Waals surface area contributed by atoms with Crippen molar-refractivity contribution in [2.45, 2.75) is 65.2 Å². The van der Waals surface area contributed by atoms with Crippen molar-refractivity contribution in [1.29, 1.82) is 0 Å². The van der Waals surface area contributed by atoms with Crippen molar-refractivity contribution in [3.8, 4) is 0 Å². The molecule has 1 N–H and O–H groups in total. The number of aromatic nitrogens is 2. The molecule has 0 aliphatic heterocycles. The molecule has 0 spiro atoms. The zero-order valence-corrected chi connectivity index (χ0v) is 14.3. The number of aryl methyl sites for hydroxylation is 2. The number of hydrogen-bond donors (Lipinski definition) is 1. The molecule has 1 heterocycles. The molecule has 0 aliphatic rings. The van der Waals surface area contributed by atoms with E-state index in [4.69, 9.17) is 0 Å². The first-order valence-electron chi connectivity index (χ1n) is 7.36. The molecule has 1 aromatic rings. The maximum Gasteiger partial charge on any atom is 0.390 e. The number of alkyl halides is 3. The van der Waals surface area contributed by atoms with E-state index in [-0.39, 0.29) is 0 Å². The smallest absolute Gasteiger partial charge is 0.313 e. The molecule has 1 rings (SSSR count). The predicted octanol–water partition coefficient (Wildman–Crippen LogP) is 4.09. The Hall–Kier alpha value is -0.560. The zero-order valence-electron chi connectivity index (χ0n) is 12.7. The molecule has 3 nitrogen and oxygen atoms in total. The van der Waals surface area contributed by atoms with Crippen molar-refractivity contribution < 1.29 is 13.2 Å². The summed E-state index contributed by atoms with van der Waals surface area (Å²) >= 11 is 3.49. The van der Waals surface area contributed by atoms with Crippen LogP contribution < -0.4 is 5.32 Å². The van der Waals surface area contributed by atoms with Crippen molar-refractivity contribution >= 4 is 15.9 Å². The maximum atomic E-state index is 12.7. The van der Waals surface area contributed by atoms with E-state index in [2.05, 4.69) is 26.3 Å². The molecule has 0 radical (unpaired) electrons. The van der Waals surface area contributed by atoms with Crippen molar-refractivity contribution in [3.05, 3.63) is 15.9 Å². The lowest BCUT2D eigenvalue weighted by Crippen LogP contribution is -2.36. The Morgan fingerprint density at radius 3 is 2.43 bits per heavy atom. The van der Waals surface area contributed by atoms with Gasteiger partial charge < -0.3 is 5.32 Å². The summed E-state index contributed by atoms with van der Waals surface area (Å²) in [5.74, 6) is 0. The van der Waals surface area contributed by atoms with Gasteiger partial charge in [0.05, 0.1) is 22.3 Å². The van der Waals surface area contributed by atoms with Crippen LogP contribution in [0.5, 0.6) is 0 Å². The Bertz CT molecular complexity index is 443. The number of nitrogens with zero attached hydrogens (tertiary/aromatic N) is 2. The van der Waals surface area contributed by atoms with Gasteiger partial charge >= 0.3 is 6.18 Å². The first-order valence-corrected chi connectivity index (χ1v) is 8.15. The van der Waals surface area contributed by atoms with Crippen LogP contribution in [0.3, 0.4) is 0 Å². The molecule has 1 unspecified atom stereocenters. The summed E-state index contributed by atoms with van der Waals surface area (Å²) in [5.41, 5.74) is 1.74. The van der Waals surface area contributed by atoms with Crippen LogP contribution in [0.25, 0.3) is 0 Å². The highest BCUT2D eigenvalue weighted by Gasteiger charge is 2.32. The van der Waals surface area contributed by atoms with Gasteiger partial charge in [-0.2, -0.15) is 18.3 Å². The van der Waals surface area contributed by atoms with Crippen LogP contribution in [-0.2, 0) is 19.4 Å². The molecule has 1 atom stereocenters. The van der Waals surface area contributed by atoms with Gasteiger partial charge in [-0.1, -0.05) is 13.8 Å². The summed E-state index contributed by atoms with van der Waals surface area (Å²) in [6.45, 7) is 7.11. The van der Waals surface area contributed by atoms with Crippen molar-refractivity contribution in [2.24, 2.45) is 0 Å². The quantitative estimate of drug-likeness (QED) is 0.747. The van der Waals surface area contributed by atoms with E-state index >= 15 is 0 Å². The molecule has 122 valence electrons. The highest BCUT2D eigenvalue weighted by atomic mass is 79.9. The van der Waals surface area contributed by atoms with E-state index in [1.807, 2.05) is 20.8 Å². The number of nitrogens with one attached hydrogen (secondary N) is 1. The largest absolute Gasteiger partial charge is 0.390 e. The van der Waals surface area contributed by atoms with Gasteiger partial charge in [0.2, 0.25) is 0 Å². The highest BCUT2D eigenvalue weighted by molar-refractivity contribution is 9.10. The Morgan fingerprint density at radius 2 is 1.95 bits per heavy atom. The van der Waals surface area contributed by atoms with Crippen LogP contribution in [0, 0.1) is 0 Å². The minimum Gasteiger partial charge on any atom is -0.313 e. The molecule has 7 heteroatoms. The summed E-state index contributed by atoms with van der Waals surface area (Å²) < 4.78 is 40.8. The first kappa shape index (κ1) is 18.5. The number of rotatable bonds is 8. The normalized spacial score (nSPS) is 13.7. The molecule has 0 aliphatic carbocycles. The Balaban J connectivity index is 2.93. The van der Waals surface area contributed by atoms with E-state index in [1.54, 1.807) is 4.68 Å². The third kappa shape index (κ3) is 5.62. The van der Waals surface area contributed by atoms with Crippen molar-refractivity contribution in [3.63, 3.8) is 0 Å². The van der Waals surface area contributed by atoms with Gasteiger partial charge in [0.25, 0.3) is 0 Å². The molecule has 21 heavy (non-hydrogen) atoms. The second-order valence-electron chi connectivity index (χ2n) is 5.05. The summed E-state index contributed by atoms with van der Waals surface area (Å²) in [6, 6.07) is -0.618. The van der Waals surface area contributed by atoms with E-state index < -0.39 is 18.6 Å². The van der Waals surface area contributed by atoms with Gasteiger partial charge in [0.15, 0.2) is 0 Å². The molecule has 0 bridgehead atoms. The van der Waals surface area contributed by atoms with Gasteiger partial charge in [-0.25, -0.2) is 0 Å². The van der Waals surface area contributed by atoms with Gasteiger partial charge in [-0.05, 0) is 42.2 Å². The fourth-order valence-corrected chi connectivity index (χ4v) is 3.02. The van der Waals surface area contributed by atoms with Gasteiger partial charge in [0, 0.05) is 19.0 Å². The predicted molar refractivity (Wildman–Crippen MR) is 81.4 cm³/mol. The summed E-state index contributed by atoms with van der Waals surface area (Å²) in [4.78, 5) is 0. The lowest BCUT2D eigenvalue weighted by molar-refractivity contribution is -0.140. The van der Waals surface area contributed by atoms with Crippen molar-refractivity contribution in [1.82, 2.24) is 15.1 Å². The fourth-order valence-electron chi connectivity index (χ4n) is 2.29. The topological polar surface area (TPSA) is 29.9 Å². The van der Waals surface area contributed by atoms with Crippen LogP contribution in [0.15, 0.2) is 4.47 Å². The monoisotopic (exact) mass is 369 g/mol. The summed E-state index contributed by atoms with van der Waals surface area (Å²) in [7, 11) is 0. The van der Waals surface area contributed by atoms with Crippen LogP contribution in [0.2, 0.25) is 0 Å².